The fourth-order valence-corrected chi connectivity index (χ4v) is 5.00. The van der Waals surface area contributed by atoms with E-state index in [9.17, 15) is 27.9 Å². The largest absolute Gasteiger partial charge is 0.480 e. The quantitative estimate of drug-likeness (QED) is 0.601. The van der Waals surface area contributed by atoms with Crippen LogP contribution in [0.25, 0.3) is 0 Å². The van der Waals surface area contributed by atoms with Crippen LogP contribution < -0.4 is 0 Å². The van der Waals surface area contributed by atoms with Crippen molar-refractivity contribution >= 4 is 11.9 Å². The van der Waals surface area contributed by atoms with Gasteiger partial charge in [0.1, 0.15) is 6.04 Å². The molecule has 194 valence electrons. The average Bonchev–Trinajstić information content (AvgIpc) is 3.36. The van der Waals surface area contributed by atoms with Gasteiger partial charge in [-0.3, -0.25) is 9.69 Å². The molecule has 1 saturated carbocycles. The van der Waals surface area contributed by atoms with Gasteiger partial charge < -0.3 is 14.9 Å². The summed E-state index contributed by atoms with van der Waals surface area (Å²) < 4.78 is 73.1. The van der Waals surface area contributed by atoms with Crippen LogP contribution in [0, 0.1) is 11.3 Å². The molecule has 0 radical (unpaired) electrons. The van der Waals surface area contributed by atoms with E-state index in [0.717, 1.165) is 30.1 Å². The van der Waals surface area contributed by atoms with Gasteiger partial charge in [-0.15, -0.1) is 0 Å². The first-order valence-electron chi connectivity index (χ1n) is 11.8. The molecule has 35 heavy (non-hydrogen) atoms. The highest BCUT2D eigenvalue weighted by Gasteiger charge is 2.57. The summed E-state index contributed by atoms with van der Waals surface area (Å²) in [6.45, 7) is 4.12. The minimum Gasteiger partial charge on any atom is -0.480 e. The van der Waals surface area contributed by atoms with Crippen LogP contribution in [-0.2, 0) is 28.2 Å². The van der Waals surface area contributed by atoms with Gasteiger partial charge in [0.05, 0.1) is 5.56 Å². The highest BCUT2D eigenvalue weighted by atomic mass is 19.4. The van der Waals surface area contributed by atoms with Gasteiger partial charge in [-0.25, -0.2) is 13.6 Å². The average molecular weight is 504 g/mol. The maximum absolute atomic E-state index is 15.6. The van der Waals surface area contributed by atoms with E-state index in [-0.39, 0.29) is 12.1 Å². The summed E-state index contributed by atoms with van der Waals surface area (Å²) >= 11 is 0. The lowest BCUT2D eigenvalue weighted by Crippen LogP contribution is -2.44. The van der Waals surface area contributed by atoms with E-state index in [1.54, 1.807) is 6.92 Å². The predicted molar refractivity (Wildman–Crippen MR) is 117 cm³/mol. The zero-order valence-electron chi connectivity index (χ0n) is 19.7. The van der Waals surface area contributed by atoms with Gasteiger partial charge in [-0.05, 0) is 37.9 Å². The molecule has 1 amide bonds. The van der Waals surface area contributed by atoms with E-state index in [0.29, 0.717) is 25.9 Å². The topological polar surface area (TPSA) is 64.1 Å². The maximum atomic E-state index is 15.6. The molecule has 4 rings (SSSR count). The zero-order chi connectivity index (χ0) is 25.8. The number of nitrogens with zero attached hydrogens (tertiary/aromatic N) is 3. The first kappa shape index (κ1) is 25.8. The van der Waals surface area contributed by atoms with Crippen LogP contribution in [0.15, 0.2) is 18.2 Å². The molecule has 0 spiro atoms. The molecule has 11 heteroatoms. The Hall–Kier alpha value is -2.27. The third-order valence-electron chi connectivity index (χ3n) is 7.63. The molecule has 1 aromatic carbocycles. The monoisotopic (exact) mass is 503 g/mol. The Morgan fingerprint density at radius 3 is 2.23 bits per heavy atom. The molecule has 1 N–H and O–H groups in total. The summed E-state index contributed by atoms with van der Waals surface area (Å²) in [5.41, 5.74) is -3.08. The summed E-state index contributed by atoms with van der Waals surface area (Å²) in [7, 11) is 1.95. The number of hydrogen-bond acceptors (Lipinski definition) is 4. The van der Waals surface area contributed by atoms with Crippen molar-refractivity contribution in [1.29, 1.82) is 0 Å². The standard InChI is InChI=1S/C24H30F5N3O3/c1-22(5-6-22)21(35)32-14-16(12-19(32)20(33)34)23(25,26)17-4-3-15(11-18(17)24(27,28)29)13-31-9-7-30(2)8-10-31/h3-4,11,16,19H,5-10,12-14H2,1-2H3,(H,33,34)/t16?,19-/m0/s1. The molecule has 0 bridgehead atoms. The number of carbonyl (C=O) groups excluding carboxylic acids is 1. The van der Waals surface area contributed by atoms with Crippen molar-refractivity contribution < 1.29 is 36.6 Å². The van der Waals surface area contributed by atoms with E-state index in [2.05, 4.69) is 4.90 Å². The fourth-order valence-electron chi connectivity index (χ4n) is 5.00. The van der Waals surface area contributed by atoms with Gasteiger partial charge in [-0.2, -0.15) is 13.2 Å². The summed E-state index contributed by atoms with van der Waals surface area (Å²) in [4.78, 5) is 29.5. The van der Waals surface area contributed by atoms with Crippen LogP contribution in [0.2, 0.25) is 0 Å². The van der Waals surface area contributed by atoms with Crippen LogP contribution in [0.3, 0.4) is 0 Å². The van der Waals surface area contributed by atoms with E-state index in [1.807, 2.05) is 11.9 Å². The molecular weight excluding hydrogens is 473 g/mol. The number of rotatable bonds is 6. The van der Waals surface area contributed by atoms with Crippen molar-refractivity contribution in [3.05, 3.63) is 34.9 Å². The summed E-state index contributed by atoms with van der Waals surface area (Å²) in [6.07, 6.45) is -4.56. The van der Waals surface area contributed by atoms with E-state index < -0.39 is 65.4 Å². The van der Waals surface area contributed by atoms with Gasteiger partial charge in [0.2, 0.25) is 5.91 Å². The predicted octanol–water partition coefficient (Wildman–Crippen LogP) is 3.65. The second-order valence-electron chi connectivity index (χ2n) is 10.4. The Labute approximate surface area is 200 Å². The smallest absolute Gasteiger partial charge is 0.416 e. The Balaban J connectivity index is 1.60. The number of likely N-dealkylation sites (N-methyl/N-ethyl adjacent to an activating group) is 1. The lowest BCUT2D eigenvalue weighted by molar-refractivity contribution is -0.150. The molecule has 2 atom stereocenters. The van der Waals surface area contributed by atoms with Crippen molar-refractivity contribution in [3.8, 4) is 0 Å². The van der Waals surface area contributed by atoms with Gasteiger partial charge in [0.25, 0.3) is 5.92 Å². The molecule has 1 unspecified atom stereocenters. The number of benzene rings is 1. The highest BCUT2D eigenvalue weighted by molar-refractivity contribution is 5.89. The van der Waals surface area contributed by atoms with Crippen molar-refractivity contribution in [3.63, 3.8) is 0 Å². The van der Waals surface area contributed by atoms with E-state index >= 15 is 8.78 Å². The number of carbonyl (C=O) groups is 2. The molecule has 1 aliphatic carbocycles. The highest BCUT2D eigenvalue weighted by Crippen LogP contribution is 2.51. The van der Waals surface area contributed by atoms with Gasteiger partial charge in [0, 0.05) is 56.2 Å². The number of carboxylic acids is 1. The SMILES string of the molecule is CN1CCN(Cc2ccc(C(F)(F)C3C[C@@H](C(=O)O)N(C(=O)C4(C)CC4)C3)c(C(F)(F)F)c2)CC1. The van der Waals surface area contributed by atoms with Crippen LogP contribution in [0.4, 0.5) is 22.0 Å². The number of halogens is 5. The third kappa shape index (κ3) is 5.16. The van der Waals surface area contributed by atoms with Crippen LogP contribution in [0.5, 0.6) is 0 Å². The Morgan fingerprint density at radius 1 is 1.06 bits per heavy atom. The molecular formula is C24H30F5N3O3. The first-order chi connectivity index (χ1) is 16.2. The molecule has 2 aliphatic heterocycles. The minimum atomic E-state index is -5.02. The normalized spacial score (nSPS) is 25.6. The second-order valence-corrected chi connectivity index (χ2v) is 10.4. The molecule has 2 heterocycles. The Morgan fingerprint density at radius 2 is 1.69 bits per heavy atom. The third-order valence-corrected chi connectivity index (χ3v) is 7.63. The first-order valence-corrected chi connectivity index (χ1v) is 11.8. The number of hydrogen-bond donors (Lipinski definition) is 1. The fraction of sp³-hybridized carbons (Fsp3) is 0.667. The number of carboxylic acid groups (broad SMARTS) is 1. The van der Waals surface area contributed by atoms with Crippen LogP contribution in [0.1, 0.15) is 42.9 Å². The summed E-state index contributed by atoms with van der Waals surface area (Å²) in [6, 6.07) is 1.39. The van der Waals surface area contributed by atoms with Crippen molar-refractivity contribution in [1.82, 2.24) is 14.7 Å². The lowest BCUT2D eigenvalue weighted by atomic mass is 9.88. The molecule has 3 aliphatic rings. The van der Waals surface area contributed by atoms with Gasteiger partial charge >= 0.3 is 12.1 Å². The van der Waals surface area contributed by atoms with Gasteiger partial charge in [0.15, 0.2) is 0 Å². The van der Waals surface area contributed by atoms with E-state index in [1.165, 1.54) is 6.07 Å². The van der Waals surface area contributed by atoms with Crippen LogP contribution >= 0.6 is 0 Å². The summed E-state index contributed by atoms with van der Waals surface area (Å²) in [5.74, 6) is -7.66. The minimum absolute atomic E-state index is 0.216. The van der Waals surface area contributed by atoms with Crippen molar-refractivity contribution in [2.24, 2.45) is 11.3 Å². The maximum Gasteiger partial charge on any atom is 0.416 e. The molecule has 2 saturated heterocycles. The van der Waals surface area contributed by atoms with Crippen molar-refractivity contribution in [2.75, 3.05) is 39.8 Å². The van der Waals surface area contributed by atoms with Crippen LogP contribution in [-0.4, -0.2) is 77.5 Å². The number of amides is 1. The number of aliphatic carboxylic acids is 1. The number of alkyl halides is 5. The van der Waals surface area contributed by atoms with Gasteiger partial charge in [-0.1, -0.05) is 19.1 Å². The molecule has 3 fully saturated rings. The molecule has 1 aromatic rings. The van der Waals surface area contributed by atoms with Crippen molar-refractivity contribution in [2.45, 2.75) is 50.9 Å². The zero-order valence-corrected chi connectivity index (χ0v) is 19.7. The number of likely N-dealkylation sites (tertiary alicyclic amines) is 1. The molecule has 6 nitrogen and oxygen atoms in total. The lowest BCUT2D eigenvalue weighted by Gasteiger charge is -2.32. The number of piperazine rings is 1. The van der Waals surface area contributed by atoms with E-state index in [4.69, 9.17) is 0 Å². The Bertz CT molecular complexity index is 987. The summed E-state index contributed by atoms with van der Waals surface area (Å²) in [5, 5.41) is 9.54. The Kier molecular flexibility index (Phi) is 6.63. The second kappa shape index (κ2) is 8.99. The molecule has 0 aromatic heterocycles.